The lowest BCUT2D eigenvalue weighted by molar-refractivity contribution is -0.177. The second-order valence-electron chi connectivity index (χ2n) is 12.0. The van der Waals surface area contributed by atoms with Gasteiger partial charge in [-0.1, -0.05) is 25.7 Å². The van der Waals surface area contributed by atoms with E-state index >= 15 is 0 Å². The molecule has 3 heterocycles. The first-order valence-corrected chi connectivity index (χ1v) is 12.6. The van der Waals surface area contributed by atoms with Crippen LogP contribution in [-0.2, 0) is 14.0 Å². The zero-order valence-electron chi connectivity index (χ0n) is 18.9. The third kappa shape index (κ3) is 2.86. The molecule has 6 fully saturated rings. The molecule has 3 aliphatic heterocycles. The van der Waals surface area contributed by atoms with Crippen molar-refractivity contribution in [2.24, 2.45) is 11.8 Å². The molecule has 4 nitrogen and oxygen atoms in total. The van der Waals surface area contributed by atoms with E-state index in [0.29, 0.717) is 30.1 Å². The topological polar surface area (TPSA) is 30.9 Å². The van der Waals surface area contributed by atoms with Crippen molar-refractivity contribution < 1.29 is 14.0 Å². The summed E-state index contributed by atoms with van der Waals surface area (Å²) < 4.78 is 19.8. The van der Waals surface area contributed by atoms with E-state index in [2.05, 4.69) is 32.6 Å². The van der Waals surface area contributed by atoms with Crippen molar-refractivity contribution in [2.75, 3.05) is 0 Å². The summed E-state index contributed by atoms with van der Waals surface area (Å²) in [5, 5.41) is 0. The number of fused-ring (bicyclic) bond motifs is 5. The number of hydrogen-bond donors (Lipinski definition) is 0. The van der Waals surface area contributed by atoms with Crippen LogP contribution in [0.15, 0.2) is 0 Å². The van der Waals surface area contributed by atoms with Crippen LogP contribution in [0.1, 0.15) is 91.9 Å². The zero-order valence-corrected chi connectivity index (χ0v) is 18.9. The van der Waals surface area contributed by atoms with Gasteiger partial charge < -0.3 is 14.0 Å². The van der Waals surface area contributed by atoms with Gasteiger partial charge in [0.2, 0.25) is 0 Å². The number of morpholine rings is 1. The first kappa shape index (κ1) is 19.6. The molecule has 0 aromatic rings. The predicted octanol–water partition coefficient (Wildman–Crippen LogP) is 4.81. The van der Waals surface area contributed by atoms with E-state index < -0.39 is 0 Å². The number of ether oxygens (including phenoxy) is 1. The smallest absolute Gasteiger partial charge is 0.403 e. The van der Waals surface area contributed by atoms with E-state index in [4.69, 9.17) is 14.0 Å². The van der Waals surface area contributed by atoms with Crippen molar-refractivity contribution in [3.05, 3.63) is 0 Å². The fraction of sp³-hybridized carbons (Fsp3) is 1.00. The van der Waals surface area contributed by atoms with Crippen molar-refractivity contribution in [1.82, 2.24) is 4.90 Å². The molecule has 3 aliphatic carbocycles. The maximum Gasteiger partial charge on any atom is 0.461 e. The minimum Gasteiger partial charge on any atom is -0.403 e. The van der Waals surface area contributed by atoms with Gasteiger partial charge in [-0.25, -0.2) is 0 Å². The molecule has 8 unspecified atom stereocenters. The normalized spacial score (nSPS) is 50.7. The lowest BCUT2D eigenvalue weighted by Crippen LogP contribution is -2.63. The van der Waals surface area contributed by atoms with Crippen LogP contribution in [-0.4, -0.2) is 53.6 Å². The lowest BCUT2D eigenvalue weighted by Gasteiger charge is -2.53. The minimum atomic E-state index is -0.208. The van der Waals surface area contributed by atoms with Crippen LogP contribution < -0.4 is 0 Å². The SMILES string of the molecule is CC1(C)OB(C2CCC3C(C2)C2CCCC4OC5CCCCC5N3C42)OC1(C)C. The summed E-state index contributed by atoms with van der Waals surface area (Å²) in [7, 11) is -0.0170. The summed E-state index contributed by atoms with van der Waals surface area (Å²) in [4.78, 5) is 3.05. The summed E-state index contributed by atoms with van der Waals surface area (Å²) in [6.07, 6.45) is 14.4. The molecule has 3 saturated carbocycles. The molecule has 0 aromatic heterocycles. The van der Waals surface area contributed by atoms with Gasteiger partial charge in [-0.3, -0.25) is 4.90 Å². The standard InChI is InChI=1S/C24H40BNO3/c1-23(2)24(3,4)29-25(28-23)15-12-13-18-17(14-15)16-8-7-11-21-22(16)26(18)19-9-5-6-10-20(19)27-21/h15-22H,5-14H2,1-4H3. The second-order valence-corrected chi connectivity index (χ2v) is 12.0. The summed E-state index contributed by atoms with van der Waals surface area (Å²) >= 11 is 0. The van der Waals surface area contributed by atoms with Crippen molar-refractivity contribution in [2.45, 2.75) is 139 Å². The maximum atomic E-state index is 6.77. The van der Waals surface area contributed by atoms with Crippen molar-refractivity contribution in [3.63, 3.8) is 0 Å². The highest BCUT2D eigenvalue weighted by Gasteiger charge is 2.62. The number of rotatable bonds is 1. The van der Waals surface area contributed by atoms with E-state index in [1.54, 1.807) is 0 Å². The fourth-order valence-electron chi connectivity index (χ4n) is 8.07. The monoisotopic (exact) mass is 401 g/mol. The van der Waals surface area contributed by atoms with E-state index in [1.807, 2.05) is 0 Å². The Morgan fingerprint density at radius 2 is 1.45 bits per heavy atom. The minimum absolute atomic E-state index is 0.0170. The molecule has 6 aliphatic rings. The van der Waals surface area contributed by atoms with E-state index in [-0.39, 0.29) is 18.3 Å². The van der Waals surface area contributed by atoms with Crippen LogP contribution in [0, 0.1) is 11.8 Å². The molecule has 8 atom stereocenters. The number of hydrogen-bond acceptors (Lipinski definition) is 4. The van der Waals surface area contributed by atoms with Gasteiger partial charge in [-0.15, -0.1) is 0 Å². The molecular formula is C24H40BNO3. The molecule has 5 heteroatoms. The van der Waals surface area contributed by atoms with Gasteiger partial charge in [0.05, 0.1) is 23.4 Å². The highest BCUT2D eigenvalue weighted by molar-refractivity contribution is 6.47. The van der Waals surface area contributed by atoms with Crippen molar-refractivity contribution in [1.29, 1.82) is 0 Å². The van der Waals surface area contributed by atoms with Crippen LogP contribution in [0.4, 0.5) is 0 Å². The Labute approximate surface area is 177 Å². The number of nitrogens with zero attached hydrogens (tertiary/aromatic N) is 1. The highest BCUT2D eigenvalue weighted by atomic mass is 16.7. The quantitative estimate of drug-likeness (QED) is 0.590. The molecule has 0 N–H and O–H groups in total. The Morgan fingerprint density at radius 3 is 2.24 bits per heavy atom. The molecule has 29 heavy (non-hydrogen) atoms. The lowest BCUT2D eigenvalue weighted by atomic mass is 9.59. The van der Waals surface area contributed by atoms with E-state index in [1.165, 1.54) is 64.2 Å². The zero-order chi connectivity index (χ0) is 20.0. The van der Waals surface area contributed by atoms with Crippen LogP contribution in [0.5, 0.6) is 0 Å². The summed E-state index contributed by atoms with van der Waals surface area (Å²) in [5.41, 5.74) is -0.415. The average molecular weight is 401 g/mol. The second kappa shape index (κ2) is 6.70. The molecular weight excluding hydrogens is 361 g/mol. The largest absolute Gasteiger partial charge is 0.461 e. The third-order valence-corrected chi connectivity index (χ3v) is 10.1. The summed E-state index contributed by atoms with van der Waals surface area (Å²) in [5.74, 6) is 2.22. The van der Waals surface area contributed by atoms with Gasteiger partial charge in [0.15, 0.2) is 0 Å². The van der Waals surface area contributed by atoms with Crippen LogP contribution in [0.3, 0.4) is 0 Å². The van der Waals surface area contributed by atoms with E-state index in [0.717, 1.165) is 17.9 Å². The van der Waals surface area contributed by atoms with Gasteiger partial charge in [-0.2, -0.15) is 0 Å². The fourth-order valence-corrected chi connectivity index (χ4v) is 8.07. The Bertz CT molecular complexity index is 638. The first-order valence-electron chi connectivity index (χ1n) is 12.6. The van der Waals surface area contributed by atoms with Crippen molar-refractivity contribution in [3.8, 4) is 0 Å². The molecule has 0 aromatic carbocycles. The van der Waals surface area contributed by atoms with Gasteiger partial charge in [0.1, 0.15) is 0 Å². The van der Waals surface area contributed by atoms with Crippen LogP contribution in [0.25, 0.3) is 0 Å². The highest BCUT2D eigenvalue weighted by Crippen LogP contribution is 2.57. The Morgan fingerprint density at radius 1 is 0.724 bits per heavy atom. The molecule has 0 amide bonds. The summed E-state index contributed by atoms with van der Waals surface area (Å²) in [6.45, 7) is 8.78. The molecule has 3 saturated heterocycles. The van der Waals surface area contributed by atoms with Crippen LogP contribution >= 0.6 is 0 Å². The van der Waals surface area contributed by atoms with Gasteiger partial charge >= 0.3 is 7.12 Å². The maximum absolute atomic E-state index is 6.77. The van der Waals surface area contributed by atoms with Gasteiger partial charge in [0.25, 0.3) is 0 Å². The van der Waals surface area contributed by atoms with Gasteiger partial charge in [0, 0.05) is 18.1 Å². The predicted molar refractivity (Wildman–Crippen MR) is 115 cm³/mol. The first-order chi connectivity index (χ1) is 13.9. The van der Waals surface area contributed by atoms with Gasteiger partial charge in [-0.05, 0) is 83.9 Å². The molecule has 0 bridgehead atoms. The third-order valence-electron chi connectivity index (χ3n) is 10.1. The summed E-state index contributed by atoms with van der Waals surface area (Å²) in [6, 6.07) is 2.20. The van der Waals surface area contributed by atoms with Crippen LogP contribution in [0.2, 0.25) is 5.82 Å². The average Bonchev–Trinajstić information content (AvgIpc) is 3.14. The van der Waals surface area contributed by atoms with E-state index in [9.17, 15) is 0 Å². The molecule has 0 spiro atoms. The Kier molecular flexibility index (Phi) is 4.52. The Balaban J connectivity index is 1.25. The molecule has 6 rings (SSSR count). The Hall–Kier alpha value is -0.0951. The van der Waals surface area contributed by atoms with Crippen molar-refractivity contribution >= 4 is 7.12 Å². The molecule has 162 valence electrons. The molecule has 0 radical (unpaired) electrons.